The minimum atomic E-state index is 0.588. The second-order valence-corrected chi connectivity index (χ2v) is 14.3. The highest BCUT2D eigenvalue weighted by atomic mass is 16.3. The molecule has 4 nitrogen and oxygen atoms in total. The normalized spacial score (nSPS) is 11.5. The number of hydrogen-bond acceptors (Lipinski definition) is 4. The van der Waals surface area contributed by atoms with Crippen molar-refractivity contribution in [1.82, 2.24) is 15.0 Å². The Kier molecular flexibility index (Phi) is 7.78. The molecule has 0 spiro atoms. The standard InChI is InChI=1S/C53H33N3O/c1-3-13-34(14-4-1)35-25-27-36(28-26-35)37-29-31-40(32-30-37)51-54-52(45-23-11-18-38-17-7-8-19-41(38)45)56-53(55-51)47-33-48-49(44-21-10-9-20-43(44)47)46-24-12-22-42(50(46)57-48)39-15-5-2-6-16-39/h1-33H. The van der Waals surface area contributed by atoms with Gasteiger partial charge < -0.3 is 4.42 Å². The number of aromatic nitrogens is 3. The molecule has 0 unspecified atom stereocenters. The van der Waals surface area contributed by atoms with Crippen LogP contribution in [0.2, 0.25) is 0 Å². The van der Waals surface area contributed by atoms with Crippen LogP contribution < -0.4 is 0 Å². The summed E-state index contributed by atoms with van der Waals surface area (Å²) < 4.78 is 6.81. The molecule has 0 fully saturated rings. The molecule has 11 aromatic rings. The van der Waals surface area contributed by atoms with Gasteiger partial charge in [0.05, 0.1) is 0 Å². The lowest BCUT2D eigenvalue weighted by Gasteiger charge is -2.12. The van der Waals surface area contributed by atoms with Gasteiger partial charge in [-0.1, -0.05) is 194 Å². The molecule has 2 aromatic heterocycles. The number of rotatable bonds is 6. The summed E-state index contributed by atoms with van der Waals surface area (Å²) in [5.74, 6) is 1.81. The zero-order valence-electron chi connectivity index (χ0n) is 30.8. The summed E-state index contributed by atoms with van der Waals surface area (Å²) in [5.41, 5.74) is 11.3. The Hall–Kier alpha value is -7.69. The topological polar surface area (TPSA) is 51.8 Å². The summed E-state index contributed by atoms with van der Waals surface area (Å²) >= 11 is 0. The molecule has 2 heterocycles. The molecule has 57 heavy (non-hydrogen) atoms. The summed E-state index contributed by atoms with van der Waals surface area (Å²) in [7, 11) is 0. The Morgan fingerprint density at radius 1 is 0.298 bits per heavy atom. The van der Waals surface area contributed by atoms with Gasteiger partial charge in [-0.05, 0) is 55.4 Å². The highest BCUT2D eigenvalue weighted by Gasteiger charge is 2.21. The predicted octanol–water partition coefficient (Wildman–Crippen LogP) is 14.1. The molecule has 0 aliphatic carbocycles. The van der Waals surface area contributed by atoms with Crippen LogP contribution in [-0.2, 0) is 0 Å². The molecule has 266 valence electrons. The van der Waals surface area contributed by atoms with Crippen molar-refractivity contribution in [3.05, 3.63) is 200 Å². The summed E-state index contributed by atoms with van der Waals surface area (Å²) in [6, 6.07) is 69.8. The molecule has 0 saturated heterocycles. The second-order valence-electron chi connectivity index (χ2n) is 14.3. The quantitative estimate of drug-likeness (QED) is 0.171. The van der Waals surface area contributed by atoms with Gasteiger partial charge in [0.25, 0.3) is 0 Å². The fraction of sp³-hybridized carbons (Fsp3) is 0. The fourth-order valence-electron chi connectivity index (χ4n) is 8.16. The molecule has 0 radical (unpaired) electrons. The Morgan fingerprint density at radius 3 is 1.47 bits per heavy atom. The predicted molar refractivity (Wildman–Crippen MR) is 235 cm³/mol. The van der Waals surface area contributed by atoms with Crippen molar-refractivity contribution in [1.29, 1.82) is 0 Å². The van der Waals surface area contributed by atoms with E-state index < -0.39 is 0 Å². The van der Waals surface area contributed by atoms with Crippen LogP contribution in [0.4, 0.5) is 0 Å². The van der Waals surface area contributed by atoms with E-state index in [1.165, 1.54) is 11.1 Å². The van der Waals surface area contributed by atoms with E-state index in [2.05, 4.69) is 188 Å². The summed E-state index contributed by atoms with van der Waals surface area (Å²) in [4.78, 5) is 15.7. The maximum Gasteiger partial charge on any atom is 0.164 e. The van der Waals surface area contributed by atoms with Crippen molar-refractivity contribution in [3.63, 3.8) is 0 Å². The number of furan rings is 1. The monoisotopic (exact) mass is 727 g/mol. The molecule has 11 rings (SSSR count). The Labute approximate surface area is 329 Å². The third-order valence-corrected chi connectivity index (χ3v) is 11.0. The summed E-state index contributed by atoms with van der Waals surface area (Å²) in [6.07, 6.45) is 0. The third-order valence-electron chi connectivity index (χ3n) is 11.0. The first kappa shape index (κ1) is 32.7. The van der Waals surface area contributed by atoms with Gasteiger partial charge in [0.2, 0.25) is 0 Å². The Bertz CT molecular complexity index is 3260. The maximum absolute atomic E-state index is 6.81. The Balaban J connectivity index is 1.09. The fourth-order valence-corrected chi connectivity index (χ4v) is 8.16. The van der Waals surface area contributed by atoms with E-state index in [4.69, 9.17) is 19.4 Å². The molecular formula is C53H33N3O. The van der Waals surface area contributed by atoms with Crippen molar-refractivity contribution in [2.75, 3.05) is 0 Å². The zero-order chi connectivity index (χ0) is 37.7. The van der Waals surface area contributed by atoms with Crippen molar-refractivity contribution < 1.29 is 4.42 Å². The van der Waals surface area contributed by atoms with E-state index in [9.17, 15) is 0 Å². The van der Waals surface area contributed by atoms with E-state index in [0.717, 1.165) is 82.4 Å². The summed E-state index contributed by atoms with van der Waals surface area (Å²) in [6.45, 7) is 0. The Morgan fingerprint density at radius 2 is 0.772 bits per heavy atom. The average Bonchev–Trinajstić information content (AvgIpc) is 3.68. The molecule has 0 N–H and O–H groups in total. The number of nitrogens with zero attached hydrogens (tertiary/aromatic N) is 3. The van der Waals surface area contributed by atoms with Crippen molar-refractivity contribution >= 4 is 43.5 Å². The van der Waals surface area contributed by atoms with Gasteiger partial charge in [0.1, 0.15) is 11.2 Å². The van der Waals surface area contributed by atoms with Crippen molar-refractivity contribution in [2.24, 2.45) is 0 Å². The molecule has 0 aliphatic heterocycles. The van der Waals surface area contributed by atoms with Gasteiger partial charge in [-0.25, -0.2) is 15.0 Å². The lowest BCUT2D eigenvalue weighted by molar-refractivity contribution is 0.670. The van der Waals surface area contributed by atoms with Gasteiger partial charge in [-0.3, -0.25) is 0 Å². The minimum Gasteiger partial charge on any atom is -0.455 e. The molecule has 0 aliphatic rings. The molecule has 9 aromatic carbocycles. The van der Waals surface area contributed by atoms with E-state index in [1.807, 2.05) is 12.1 Å². The molecular weight excluding hydrogens is 695 g/mol. The largest absolute Gasteiger partial charge is 0.455 e. The van der Waals surface area contributed by atoms with Crippen LogP contribution in [-0.4, -0.2) is 15.0 Å². The van der Waals surface area contributed by atoms with Gasteiger partial charge in [-0.2, -0.15) is 0 Å². The van der Waals surface area contributed by atoms with Crippen LogP contribution in [0.3, 0.4) is 0 Å². The van der Waals surface area contributed by atoms with Crippen LogP contribution in [0.1, 0.15) is 0 Å². The maximum atomic E-state index is 6.81. The smallest absolute Gasteiger partial charge is 0.164 e. The van der Waals surface area contributed by atoms with Crippen LogP contribution >= 0.6 is 0 Å². The molecule has 0 saturated carbocycles. The SMILES string of the molecule is c1ccc(-c2ccc(-c3ccc(-c4nc(-c5cccc6ccccc56)nc(-c5cc6oc7c(-c8ccccc8)cccc7c6c6ccccc56)n4)cc3)cc2)cc1. The molecule has 0 bridgehead atoms. The zero-order valence-corrected chi connectivity index (χ0v) is 30.8. The summed E-state index contributed by atoms with van der Waals surface area (Å²) in [5, 5.41) is 6.51. The molecule has 0 atom stereocenters. The molecule has 0 amide bonds. The van der Waals surface area contributed by atoms with E-state index in [-0.39, 0.29) is 0 Å². The van der Waals surface area contributed by atoms with Gasteiger partial charge in [0.15, 0.2) is 17.5 Å². The molecule has 4 heteroatoms. The van der Waals surface area contributed by atoms with E-state index in [1.54, 1.807) is 0 Å². The number of benzene rings is 9. The number of hydrogen-bond donors (Lipinski definition) is 0. The first-order chi connectivity index (χ1) is 28.2. The minimum absolute atomic E-state index is 0.588. The first-order valence-electron chi connectivity index (χ1n) is 19.2. The van der Waals surface area contributed by atoms with Gasteiger partial charge in [-0.15, -0.1) is 0 Å². The van der Waals surface area contributed by atoms with Crippen LogP contribution in [0.25, 0.3) is 111 Å². The lowest BCUT2D eigenvalue weighted by atomic mass is 9.97. The van der Waals surface area contributed by atoms with Gasteiger partial charge >= 0.3 is 0 Å². The number of para-hydroxylation sites is 1. The third kappa shape index (κ3) is 5.74. The first-order valence-corrected chi connectivity index (χ1v) is 19.2. The van der Waals surface area contributed by atoms with Crippen LogP contribution in [0.5, 0.6) is 0 Å². The second kappa shape index (κ2) is 13.6. The van der Waals surface area contributed by atoms with E-state index in [0.29, 0.717) is 17.5 Å². The van der Waals surface area contributed by atoms with Crippen molar-refractivity contribution in [3.8, 4) is 67.5 Å². The van der Waals surface area contributed by atoms with Gasteiger partial charge in [0, 0.05) is 33.0 Å². The highest BCUT2D eigenvalue weighted by Crippen LogP contribution is 2.43. The van der Waals surface area contributed by atoms with Crippen LogP contribution in [0, 0.1) is 0 Å². The number of fused-ring (bicyclic) bond motifs is 6. The highest BCUT2D eigenvalue weighted by molar-refractivity contribution is 6.23. The average molecular weight is 728 g/mol. The van der Waals surface area contributed by atoms with Crippen LogP contribution in [0.15, 0.2) is 205 Å². The van der Waals surface area contributed by atoms with E-state index >= 15 is 0 Å². The van der Waals surface area contributed by atoms with Crippen molar-refractivity contribution in [2.45, 2.75) is 0 Å². The lowest BCUT2D eigenvalue weighted by Crippen LogP contribution is -2.01.